The zero-order chi connectivity index (χ0) is 12.1. The van der Waals surface area contributed by atoms with E-state index in [0.717, 1.165) is 18.8 Å². The van der Waals surface area contributed by atoms with E-state index >= 15 is 0 Å². The molecule has 1 aromatic rings. The Morgan fingerprint density at radius 1 is 1.35 bits per heavy atom. The first-order valence-electron chi connectivity index (χ1n) is 6.37. The Balaban J connectivity index is 2.10. The van der Waals surface area contributed by atoms with Gasteiger partial charge in [0.05, 0.1) is 7.11 Å². The minimum absolute atomic E-state index is 0.439. The zero-order valence-electron chi connectivity index (χ0n) is 10.7. The minimum atomic E-state index is 0.439. The second-order valence-corrected chi connectivity index (χ2v) is 4.65. The Hall–Kier alpha value is -1.06. The lowest BCUT2D eigenvalue weighted by Crippen LogP contribution is -2.37. The maximum Gasteiger partial charge on any atom is 0.118 e. The second-order valence-electron chi connectivity index (χ2n) is 4.65. The SMILES string of the molecule is CNC(c1ccc(OC)cc1)C1CCCNC1. The lowest BCUT2D eigenvalue weighted by Gasteiger charge is -2.31. The maximum absolute atomic E-state index is 5.20. The van der Waals surface area contributed by atoms with E-state index in [4.69, 9.17) is 4.74 Å². The van der Waals surface area contributed by atoms with Gasteiger partial charge in [0.1, 0.15) is 5.75 Å². The van der Waals surface area contributed by atoms with Crippen molar-refractivity contribution in [1.82, 2.24) is 10.6 Å². The predicted molar refractivity (Wildman–Crippen MR) is 70.4 cm³/mol. The van der Waals surface area contributed by atoms with Crippen molar-refractivity contribution in [3.8, 4) is 5.75 Å². The minimum Gasteiger partial charge on any atom is -0.497 e. The first-order chi connectivity index (χ1) is 8.35. The molecule has 0 bridgehead atoms. The summed E-state index contributed by atoms with van der Waals surface area (Å²) in [6.07, 6.45) is 2.57. The van der Waals surface area contributed by atoms with Crippen molar-refractivity contribution in [2.75, 3.05) is 27.2 Å². The topological polar surface area (TPSA) is 33.3 Å². The third-order valence-corrected chi connectivity index (χ3v) is 3.59. The van der Waals surface area contributed by atoms with E-state index in [1.165, 1.54) is 18.4 Å². The van der Waals surface area contributed by atoms with Gasteiger partial charge >= 0.3 is 0 Å². The van der Waals surface area contributed by atoms with E-state index < -0.39 is 0 Å². The second kappa shape index (κ2) is 6.03. The van der Waals surface area contributed by atoms with Gasteiger partial charge in [-0.3, -0.25) is 0 Å². The summed E-state index contributed by atoms with van der Waals surface area (Å²) in [7, 11) is 3.75. The molecule has 1 aliphatic heterocycles. The lowest BCUT2D eigenvalue weighted by atomic mass is 9.87. The van der Waals surface area contributed by atoms with Gasteiger partial charge in [-0.2, -0.15) is 0 Å². The molecule has 2 unspecified atom stereocenters. The van der Waals surface area contributed by atoms with Crippen LogP contribution < -0.4 is 15.4 Å². The van der Waals surface area contributed by atoms with Crippen LogP contribution >= 0.6 is 0 Å². The summed E-state index contributed by atoms with van der Waals surface area (Å²) in [5, 5.41) is 6.92. The molecule has 0 aliphatic carbocycles. The molecular formula is C14H22N2O. The molecule has 3 heteroatoms. The van der Waals surface area contributed by atoms with Crippen molar-refractivity contribution in [1.29, 1.82) is 0 Å². The summed E-state index contributed by atoms with van der Waals surface area (Å²) < 4.78 is 5.20. The van der Waals surface area contributed by atoms with E-state index in [1.807, 2.05) is 19.2 Å². The van der Waals surface area contributed by atoms with Gasteiger partial charge in [0.25, 0.3) is 0 Å². The number of piperidine rings is 1. The van der Waals surface area contributed by atoms with Crippen molar-refractivity contribution in [3.05, 3.63) is 29.8 Å². The molecule has 0 saturated carbocycles. The summed E-state index contributed by atoms with van der Waals surface area (Å²) in [5.74, 6) is 1.60. The highest BCUT2D eigenvalue weighted by atomic mass is 16.5. The Bertz CT molecular complexity index is 331. The average molecular weight is 234 g/mol. The molecule has 1 heterocycles. The van der Waals surface area contributed by atoms with Gasteiger partial charge in [0, 0.05) is 6.04 Å². The van der Waals surface area contributed by atoms with E-state index in [9.17, 15) is 0 Å². The average Bonchev–Trinajstić information content (AvgIpc) is 2.42. The maximum atomic E-state index is 5.20. The molecule has 1 saturated heterocycles. The Labute approximate surface area is 104 Å². The largest absolute Gasteiger partial charge is 0.497 e. The molecule has 2 N–H and O–H groups in total. The van der Waals surface area contributed by atoms with Crippen LogP contribution in [0.2, 0.25) is 0 Å². The summed E-state index contributed by atoms with van der Waals surface area (Å²) in [6.45, 7) is 2.27. The summed E-state index contributed by atoms with van der Waals surface area (Å²) in [6, 6.07) is 8.84. The third kappa shape index (κ3) is 2.99. The Morgan fingerprint density at radius 3 is 2.65 bits per heavy atom. The quantitative estimate of drug-likeness (QED) is 0.835. The van der Waals surface area contributed by atoms with Crippen molar-refractivity contribution >= 4 is 0 Å². The van der Waals surface area contributed by atoms with Crippen LogP contribution in [0.25, 0.3) is 0 Å². The number of nitrogens with one attached hydrogen (secondary N) is 2. The molecule has 1 aliphatic rings. The summed E-state index contributed by atoms with van der Waals surface area (Å²) >= 11 is 0. The predicted octanol–water partition coefficient (Wildman–Crippen LogP) is 1.96. The van der Waals surface area contributed by atoms with Crippen molar-refractivity contribution in [2.24, 2.45) is 5.92 Å². The highest BCUT2D eigenvalue weighted by Gasteiger charge is 2.23. The molecule has 0 aromatic heterocycles. The van der Waals surface area contributed by atoms with Crippen molar-refractivity contribution in [3.63, 3.8) is 0 Å². The Morgan fingerprint density at radius 2 is 2.12 bits per heavy atom. The number of methoxy groups -OCH3 is 1. The number of ether oxygens (including phenoxy) is 1. The number of hydrogen-bond acceptors (Lipinski definition) is 3. The van der Waals surface area contributed by atoms with Gasteiger partial charge in [0.2, 0.25) is 0 Å². The van der Waals surface area contributed by atoms with Crippen LogP contribution in [0, 0.1) is 5.92 Å². The molecule has 1 aromatic carbocycles. The molecule has 0 amide bonds. The fourth-order valence-electron chi connectivity index (χ4n) is 2.65. The van der Waals surface area contributed by atoms with Crippen LogP contribution in [0.15, 0.2) is 24.3 Å². The highest BCUT2D eigenvalue weighted by molar-refractivity contribution is 5.29. The highest BCUT2D eigenvalue weighted by Crippen LogP contribution is 2.28. The van der Waals surface area contributed by atoms with Gasteiger partial charge in [0.15, 0.2) is 0 Å². The summed E-state index contributed by atoms with van der Waals surface area (Å²) in [5.41, 5.74) is 1.35. The van der Waals surface area contributed by atoms with E-state index in [2.05, 4.69) is 22.8 Å². The van der Waals surface area contributed by atoms with Crippen LogP contribution in [-0.4, -0.2) is 27.2 Å². The number of rotatable bonds is 4. The molecule has 94 valence electrons. The first-order valence-corrected chi connectivity index (χ1v) is 6.37. The molecule has 2 rings (SSSR count). The third-order valence-electron chi connectivity index (χ3n) is 3.59. The number of hydrogen-bond donors (Lipinski definition) is 2. The smallest absolute Gasteiger partial charge is 0.118 e. The number of benzene rings is 1. The van der Waals surface area contributed by atoms with Gasteiger partial charge < -0.3 is 15.4 Å². The van der Waals surface area contributed by atoms with Gasteiger partial charge in [-0.05, 0) is 56.6 Å². The zero-order valence-corrected chi connectivity index (χ0v) is 10.7. The van der Waals surface area contributed by atoms with Gasteiger partial charge in [-0.25, -0.2) is 0 Å². The fraction of sp³-hybridized carbons (Fsp3) is 0.571. The van der Waals surface area contributed by atoms with E-state index in [-0.39, 0.29) is 0 Å². The van der Waals surface area contributed by atoms with Crippen LogP contribution in [0.1, 0.15) is 24.4 Å². The molecule has 1 fully saturated rings. The van der Waals surface area contributed by atoms with Crippen molar-refractivity contribution < 1.29 is 4.74 Å². The lowest BCUT2D eigenvalue weighted by molar-refractivity contribution is 0.298. The molecule has 3 nitrogen and oxygen atoms in total. The Kier molecular flexibility index (Phi) is 4.40. The standard InChI is InChI=1S/C14H22N2O/c1-15-14(12-4-3-9-16-10-12)11-5-7-13(17-2)8-6-11/h5-8,12,14-16H,3-4,9-10H2,1-2H3. The first kappa shape index (κ1) is 12.4. The van der Waals surface area contributed by atoms with Crippen LogP contribution in [0.4, 0.5) is 0 Å². The molecular weight excluding hydrogens is 212 g/mol. The van der Waals surface area contributed by atoms with Crippen LogP contribution in [0.5, 0.6) is 5.75 Å². The molecule has 0 radical (unpaired) electrons. The van der Waals surface area contributed by atoms with Crippen LogP contribution in [0.3, 0.4) is 0 Å². The monoisotopic (exact) mass is 234 g/mol. The van der Waals surface area contributed by atoms with Crippen LogP contribution in [-0.2, 0) is 0 Å². The normalized spacial score (nSPS) is 22.1. The summed E-state index contributed by atoms with van der Waals surface area (Å²) in [4.78, 5) is 0. The van der Waals surface area contributed by atoms with E-state index in [0.29, 0.717) is 12.0 Å². The van der Waals surface area contributed by atoms with Gasteiger partial charge in [-0.1, -0.05) is 12.1 Å². The molecule has 17 heavy (non-hydrogen) atoms. The van der Waals surface area contributed by atoms with Gasteiger partial charge in [-0.15, -0.1) is 0 Å². The molecule has 2 atom stereocenters. The fourth-order valence-corrected chi connectivity index (χ4v) is 2.65. The van der Waals surface area contributed by atoms with Crippen molar-refractivity contribution in [2.45, 2.75) is 18.9 Å². The van der Waals surface area contributed by atoms with E-state index in [1.54, 1.807) is 7.11 Å². The molecule has 0 spiro atoms.